The minimum absolute atomic E-state index is 0.0826. The minimum atomic E-state index is -0.318. The first-order chi connectivity index (χ1) is 12.1. The van der Waals surface area contributed by atoms with E-state index in [0.29, 0.717) is 11.5 Å². The molecule has 0 aliphatic heterocycles. The molecule has 6 nitrogen and oxygen atoms in total. The second-order valence-corrected chi connectivity index (χ2v) is 6.13. The van der Waals surface area contributed by atoms with Crippen molar-refractivity contribution in [2.75, 3.05) is 14.2 Å². The van der Waals surface area contributed by atoms with Crippen LogP contribution in [-0.4, -0.2) is 26.2 Å². The van der Waals surface area contributed by atoms with E-state index in [1.165, 1.54) is 6.20 Å². The van der Waals surface area contributed by atoms with Crippen molar-refractivity contribution >= 4 is 5.91 Å². The highest BCUT2D eigenvalue weighted by Gasteiger charge is 2.19. The van der Waals surface area contributed by atoms with Gasteiger partial charge in [0.05, 0.1) is 14.2 Å². The molecule has 0 heterocycles. The first-order valence-electron chi connectivity index (χ1n) is 8.48. The number of ether oxygens (including phenoxy) is 2. The molecule has 2 rings (SSSR count). The number of carbonyl (C=O) groups is 1. The molecule has 1 aromatic carbocycles. The number of amides is 1. The molecule has 0 spiro atoms. The van der Waals surface area contributed by atoms with Gasteiger partial charge in [0.1, 0.15) is 11.6 Å². The average molecular weight is 343 g/mol. The fourth-order valence-electron chi connectivity index (χ4n) is 2.91. The molecule has 1 aliphatic rings. The summed E-state index contributed by atoms with van der Waals surface area (Å²) in [6.07, 6.45) is 5.71. The molecular weight excluding hydrogens is 318 g/mol. The monoisotopic (exact) mass is 343 g/mol. The van der Waals surface area contributed by atoms with Crippen LogP contribution >= 0.6 is 0 Å². The summed E-state index contributed by atoms with van der Waals surface area (Å²) in [5.41, 5.74) is 1.04. The molecule has 1 atom stereocenters. The number of methoxy groups -OCH3 is 2. The van der Waals surface area contributed by atoms with Crippen LogP contribution in [0.3, 0.4) is 0 Å². The van der Waals surface area contributed by atoms with E-state index in [-0.39, 0.29) is 23.6 Å². The van der Waals surface area contributed by atoms with Gasteiger partial charge in [0, 0.05) is 18.3 Å². The van der Waals surface area contributed by atoms with E-state index in [4.69, 9.17) is 9.47 Å². The summed E-state index contributed by atoms with van der Waals surface area (Å²) < 4.78 is 10.5. The SMILES string of the molecule is COc1ccc(C(C)N/C=C(/C#N)C(=O)NC2CCCC2)cc1OC. The zero-order valence-corrected chi connectivity index (χ0v) is 15.0. The summed E-state index contributed by atoms with van der Waals surface area (Å²) in [7, 11) is 3.17. The molecule has 134 valence electrons. The summed E-state index contributed by atoms with van der Waals surface area (Å²) in [6.45, 7) is 1.95. The number of nitrogens with one attached hydrogen (secondary N) is 2. The second kappa shape index (κ2) is 8.97. The Labute approximate surface area is 148 Å². The predicted molar refractivity (Wildman–Crippen MR) is 95.2 cm³/mol. The Morgan fingerprint density at radius 3 is 2.56 bits per heavy atom. The lowest BCUT2D eigenvalue weighted by molar-refractivity contribution is -0.117. The van der Waals surface area contributed by atoms with Crippen molar-refractivity contribution in [2.45, 2.75) is 44.7 Å². The Morgan fingerprint density at radius 2 is 1.96 bits per heavy atom. The van der Waals surface area contributed by atoms with Crippen molar-refractivity contribution in [3.8, 4) is 17.6 Å². The number of nitriles is 1. The third kappa shape index (κ3) is 4.90. The van der Waals surface area contributed by atoms with E-state index < -0.39 is 0 Å². The minimum Gasteiger partial charge on any atom is -0.493 e. The van der Waals surface area contributed by atoms with Gasteiger partial charge in [-0.3, -0.25) is 4.79 Å². The van der Waals surface area contributed by atoms with Crippen LogP contribution in [0.4, 0.5) is 0 Å². The first-order valence-corrected chi connectivity index (χ1v) is 8.48. The molecule has 1 aliphatic carbocycles. The van der Waals surface area contributed by atoms with Crippen LogP contribution in [0.2, 0.25) is 0 Å². The Hall–Kier alpha value is -2.68. The summed E-state index contributed by atoms with van der Waals surface area (Å²) >= 11 is 0. The molecule has 6 heteroatoms. The number of carbonyl (C=O) groups excluding carboxylic acids is 1. The summed E-state index contributed by atoms with van der Waals surface area (Å²) in [4.78, 5) is 12.2. The molecule has 0 aromatic heterocycles. The van der Waals surface area contributed by atoms with E-state index >= 15 is 0 Å². The van der Waals surface area contributed by atoms with Crippen molar-refractivity contribution in [3.05, 3.63) is 35.5 Å². The second-order valence-electron chi connectivity index (χ2n) is 6.13. The zero-order valence-electron chi connectivity index (χ0n) is 15.0. The van der Waals surface area contributed by atoms with Gasteiger partial charge in [-0.2, -0.15) is 5.26 Å². The third-order valence-electron chi connectivity index (χ3n) is 4.44. The molecule has 1 unspecified atom stereocenters. The smallest absolute Gasteiger partial charge is 0.263 e. The zero-order chi connectivity index (χ0) is 18.2. The fourth-order valence-corrected chi connectivity index (χ4v) is 2.91. The van der Waals surface area contributed by atoms with E-state index in [9.17, 15) is 10.1 Å². The van der Waals surface area contributed by atoms with Crippen molar-refractivity contribution in [1.82, 2.24) is 10.6 Å². The highest BCUT2D eigenvalue weighted by molar-refractivity contribution is 5.97. The Bertz CT molecular complexity index is 673. The van der Waals surface area contributed by atoms with E-state index in [1.54, 1.807) is 14.2 Å². The molecule has 1 fully saturated rings. The van der Waals surface area contributed by atoms with Gasteiger partial charge >= 0.3 is 0 Å². The highest BCUT2D eigenvalue weighted by Crippen LogP contribution is 2.29. The predicted octanol–water partition coefficient (Wildman–Crippen LogP) is 2.82. The Balaban J connectivity index is 2.02. The molecule has 1 aromatic rings. The summed E-state index contributed by atoms with van der Waals surface area (Å²) in [6, 6.07) is 7.67. The fraction of sp³-hybridized carbons (Fsp3) is 0.474. The highest BCUT2D eigenvalue weighted by atomic mass is 16.5. The lowest BCUT2D eigenvalue weighted by Crippen LogP contribution is -2.34. The summed E-state index contributed by atoms with van der Waals surface area (Å²) in [5, 5.41) is 15.3. The van der Waals surface area contributed by atoms with Crippen LogP contribution in [0.25, 0.3) is 0 Å². The van der Waals surface area contributed by atoms with Gasteiger partial charge in [-0.05, 0) is 37.5 Å². The van der Waals surface area contributed by atoms with Crippen molar-refractivity contribution in [2.24, 2.45) is 0 Å². The number of rotatable bonds is 7. The van der Waals surface area contributed by atoms with E-state index in [1.807, 2.05) is 31.2 Å². The quantitative estimate of drug-likeness (QED) is 0.587. The van der Waals surface area contributed by atoms with Gasteiger partial charge in [-0.25, -0.2) is 0 Å². The molecular formula is C19H25N3O3. The van der Waals surface area contributed by atoms with Crippen LogP contribution in [0.1, 0.15) is 44.2 Å². The van der Waals surface area contributed by atoms with E-state index in [2.05, 4.69) is 10.6 Å². The Morgan fingerprint density at radius 1 is 1.28 bits per heavy atom. The lowest BCUT2D eigenvalue weighted by atomic mass is 10.1. The maximum absolute atomic E-state index is 12.2. The van der Waals surface area contributed by atoms with Crippen LogP contribution < -0.4 is 20.1 Å². The molecule has 1 amide bonds. The maximum atomic E-state index is 12.2. The van der Waals surface area contributed by atoms with Gasteiger partial charge < -0.3 is 20.1 Å². The first kappa shape index (κ1) is 18.7. The normalized spacial score (nSPS) is 16.0. The summed E-state index contributed by atoms with van der Waals surface area (Å²) in [5.74, 6) is 0.973. The van der Waals surface area contributed by atoms with Crippen LogP contribution in [-0.2, 0) is 4.79 Å². The molecule has 2 N–H and O–H groups in total. The number of benzene rings is 1. The van der Waals surface area contributed by atoms with E-state index in [0.717, 1.165) is 31.2 Å². The average Bonchev–Trinajstić information content (AvgIpc) is 3.14. The van der Waals surface area contributed by atoms with Crippen molar-refractivity contribution < 1.29 is 14.3 Å². The van der Waals surface area contributed by atoms with Gasteiger partial charge in [-0.15, -0.1) is 0 Å². The number of nitrogens with zero attached hydrogens (tertiary/aromatic N) is 1. The standard InChI is InChI=1S/C19H25N3O3/c1-13(14-8-9-17(24-2)18(10-14)25-3)21-12-15(11-20)19(23)22-16-6-4-5-7-16/h8-10,12-13,16,21H,4-7H2,1-3H3,(H,22,23)/b15-12-. The molecule has 0 bridgehead atoms. The Kier molecular flexibility index (Phi) is 6.70. The van der Waals surface area contributed by atoms with Gasteiger partial charge in [0.2, 0.25) is 0 Å². The van der Waals surface area contributed by atoms with Crippen LogP contribution in [0.5, 0.6) is 11.5 Å². The topological polar surface area (TPSA) is 83.4 Å². The van der Waals surface area contributed by atoms with Gasteiger partial charge in [0.15, 0.2) is 11.5 Å². The molecule has 1 saturated carbocycles. The van der Waals surface area contributed by atoms with Gasteiger partial charge in [0.25, 0.3) is 5.91 Å². The lowest BCUT2D eigenvalue weighted by Gasteiger charge is -2.16. The molecule has 0 radical (unpaired) electrons. The maximum Gasteiger partial charge on any atom is 0.263 e. The third-order valence-corrected chi connectivity index (χ3v) is 4.44. The molecule has 25 heavy (non-hydrogen) atoms. The number of hydrogen-bond acceptors (Lipinski definition) is 5. The van der Waals surface area contributed by atoms with Gasteiger partial charge in [-0.1, -0.05) is 18.9 Å². The van der Waals surface area contributed by atoms with Crippen molar-refractivity contribution in [3.63, 3.8) is 0 Å². The van der Waals surface area contributed by atoms with Crippen molar-refractivity contribution in [1.29, 1.82) is 5.26 Å². The van der Waals surface area contributed by atoms with Crippen LogP contribution in [0.15, 0.2) is 30.0 Å². The molecule has 0 saturated heterocycles. The largest absolute Gasteiger partial charge is 0.493 e. The number of hydrogen-bond donors (Lipinski definition) is 2. The van der Waals surface area contributed by atoms with Crippen LogP contribution in [0, 0.1) is 11.3 Å².